The minimum atomic E-state index is 0. The molecule has 1 aromatic heterocycles. The zero-order chi connectivity index (χ0) is 8.10. The number of aliphatic hydroxyl groups excluding tert-OH is 1. The molecule has 0 saturated heterocycles. The van der Waals surface area contributed by atoms with E-state index < -0.39 is 0 Å². The van der Waals surface area contributed by atoms with Crippen molar-refractivity contribution in [3.63, 3.8) is 0 Å². The number of aliphatic hydroxyl groups is 1. The minimum absolute atomic E-state index is 0. The van der Waals surface area contributed by atoms with E-state index in [0.29, 0.717) is 0 Å². The number of aromatic nitrogens is 1. The van der Waals surface area contributed by atoms with Crippen LogP contribution in [0.25, 0.3) is 0 Å². The van der Waals surface area contributed by atoms with Crippen LogP contribution in [0.3, 0.4) is 0 Å². The Labute approximate surface area is 90.2 Å². The quantitative estimate of drug-likeness (QED) is 0.527. The number of H-pyrrole nitrogens is 1. The summed E-state index contributed by atoms with van der Waals surface area (Å²) >= 11 is 0. The van der Waals surface area contributed by atoms with E-state index in [1.54, 1.807) is 0 Å². The number of nitrogens with one attached hydrogen (secondary N) is 1. The van der Waals surface area contributed by atoms with Crippen LogP contribution in [0.2, 0.25) is 0 Å². The van der Waals surface area contributed by atoms with Crippen LogP contribution in [0.15, 0.2) is 24.5 Å². The Morgan fingerprint density at radius 1 is 1.46 bits per heavy atom. The minimum Gasteiger partial charge on any atom is -1.00 e. The summed E-state index contributed by atoms with van der Waals surface area (Å²) in [4.78, 5) is 2.98. The lowest BCUT2D eigenvalue weighted by atomic mass is 10.1. The monoisotopic (exact) mass is 224 g/mol. The highest BCUT2D eigenvalue weighted by Crippen LogP contribution is 1.95. The Balaban J connectivity index is 0. The Morgan fingerprint density at radius 3 is 2.62 bits per heavy atom. The Bertz CT molecular complexity index is 209. The number of quaternary nitrogens is 1. The first-order valence-corrected chi connectivity index (χ1v) is 3.72. The molecule has 13 heavy (non-hydrogen) atoms. The van der Waals surface area contributed by atoms with Gasteiger partial charge in [-0.2, -0.15) is 0 Å². The fraction of sp³-hybridized carbons (Fsp3) is 0.375. The Kier molecular flexibility index (Phi) is 9.61. The van der Waals surface area contributed by atoms with Crippen LogP contribution in [0.4, 0.5) is 0 Å². The standard InChI is InChI=1S/C8H12N2O.2ClH/c9-8(6-11)4-7-2-1-3-10-5-7;;/h1-3,5,8,11H,4,6,9H2;2*1H. The SMILES string of the molecule is [Cl-].[Cl-].[NH3+]C(CO)Cc1ccc[nH+]c1. The average molecular weight is 225 g/mol. The second kappa shape index (κ2) is 8.26. The van der Waals surface area contributed by atoms with Crippen molar-refractivity contribution in [2.75, 3.05) is 6.61 Å². The van der Waals surface area contributed by atoms with Crippen LogP contribution >= 0.6 is 0 Å². The van der Waals surface area contributed by atoms with E-state index in [-0.39, 0.29) is 37.5 Å². The van der Waals surface area contributed by atoms with E-state index in [0.717, 1.165) is 6.42 Å². The van der Waals surface area contributed by atoms with E-state index in [1.807, 2.05) is 24.5 Å². The van der Waals surface area contributed by atoms with Gasteiger partial charge >= 0.3 is 0 Å². The molecule has 1 aromatic rings. The molecule has 3 nitrogen and oxygen atoms in total. The molecule has 1 rings (SSSR count). The van der Waals surface area contributed by atoms with Gasteiger partial charge in [-0.25, -0.2) is 4.98 Å². The molecule has 5 N–H and O–H groups in total. The summed E-state index contributed by atoms with van der Waals surface area (Å²) in [6.45, 7) is 0.148. The van der Waals surface area contributed by atoms with Crippen LogP contribution in [-0.2, 0) is 6.42 Å². The van der Waals surface area contributed by atoms with E-state index in [9.17, 15) is 0 Å². The fourth-order valence-corrected chi connectivity index (χ4v) is 0.955. The van der Waals surface area contributed by atoms with Gasteiger partial charge < -0.3 is 35.7 Å². The maximum atomic E-state index is 8.72. The third kappa shape index (κ3) is 5.82. The van der Waals surface area contributed by atoms with Crippen molar-refractivity contribution in [2.24, 2.45) is 0 Å². The van der Waals surface area contributed by atoms with Crippen molar-refractivity contribution in [2.45, 2.75) is 12.5 Å². The molecule has 1 heterocycles. The average Bonchev–Trinajstić information content (AvgIpc) is 2.06. The molecule has 5 heteroatoms. The molecule has 0 aliphatic heterocycles. The van der Waals surface area contributed by atoms with Crippen molar-refractivity contribution in [1.29, 1.82) is 0 Å². The first kappa shape index (κ1) is 15.1. The summed E-state index contributed by atoms with van der Waals surface area (Å²) in [5.74, 6) is 0. The predicted molar refractivity (Wildman–Crippen MR) is 40.5 cm³/mol. The van der Waals surface area contributed by atoms with Gasteiger partial charge in [-0.05, 0) is 6.07 Å². The third-order valence-electron chi connectivity index (χ3n) is 1.55. The lowest BCUT2D eigenvalue weighted by Crippen LogP contribution is -3.00. The largest absolute Gasteiger partial charge is 1.00 e. The molecule has 0 saturated carbocycles. The fourth-order valence-electron chi connectivity index (χ4n) is 0.955. The van der Waals surface area contributed by atoms with Gasteiger partial charge in [0.05, 0.1) is 6.61 Å². The number of aromatic amines is 1. The molecule has 0 fully saturated rings. The highest BCUT2D eigenvalue weighted by molar-refractivity contribution is 5.05. The van der Waals surface area contributed by atoms with Gasteiger partial charge in [-0.15, -0.1) is 0 Å². The van der Waals surface area contributed by atoms with Crippen LogP contribution in [0, 0.1) is 0 Å². The molecule has 0 aliphatic carbocycles. The van der Waals surface area contributed by atoms with E-state index in [2.05, 4.69) is 10.7 Å². The first-order chi connectivity index (χ1) is 5.33. The normalized spacial score (nSPS) is 10.9. The number of pyridine rings is 1. The summed E-state index contributed by atoms with van der Waals surface area (Å²) in [5.41, 5.74) is 4.97. The first-order valence-electron chi connectivity index (χ1n) is 3.72. The highest BCUT2D eigenvalue weighted by atomic mass is 35.5. The second-order valence-electron chi connectivity index (χ2n) is 2.66. The van der Waals surface area contributed by atoms with Gasteiger partial charge in [0.1, 0.15) is 6.04 Å². The molecule has 0 amide bonds. The van der Waals surface area contributed by atoms with Gasteiger partial charge in [0.25, 0.3) is 0 Å². The molecule has 0 spiro atoms. The smallest absolute Gasteiger partial charge is 0.170 e. The van der Waals surface area contributed by atoms with Crippen LogP contribution in [0.5, 0.6) is 0 Å². The third-order valence-corrected chi connectivity index (χ3v) is 1.55. The molecule has 0 aliphatic rings. The molecule has 76 valence electrons. The van der Waals surface area contributed by atoms with Crippen molar-refractivity contribution < 1.29 is 40.6 Å². The van der Waals surface area contributed by atoms with Gasteiger partial charge in [0, 0.05) is 18.1 Å². The summed E-state index contributed by atoms with van der Waals surface area (Å²) < 4.78 is 0. The van der Waals surface area contributed by atoms with Crippen LogP contribution in [0.1, 0.15) is 5.56 Å². The lowest BCUT2D eigenvalue weighted by molar-refractivity contribution is -0.425. The molecular formula is C8H14Cl2N2O. The molecular weight excluding hydrogens is 211 g/mol. The Hall–Kier alpha value is -0.350. The second-order valence-corrected chi connectivity index (χ2v) is 2.66. The van der Waals surface area contributed by atoms with E-state index >= 15 is 0 Å². The van der Waals surface area contributed by atoms with Gasteiger partial charge in [0.15, 0.2) is 12.4 Å². The zero-order valence-corrected chi connectivity index (χ0v) is 8.72. The van der Waals surface area contributed by atoms with Crippen molar-refractivity contribution in [3.05, 3.63) is 30.1 Å². The summed E-state index contributed by atoms with van der Waals surface area (Å²) in [6.07, 6.45) is 4.61. The number of hydrogen-bond acceptors (Lipinski definition) is 1. The maximum absolute atomic E-state index is 8.72. The summed E-state index contributed by atoms with van der Waals surface area (Å²) in [7, 11) is 0. The van der Waals surface area contributed by atoms with Crippen molar-refractivity contribution in [3.8, 4) is 0 Å². The molecule has 0 radical (unpaired) electrons. The predicted octanol–water partition coefficient (Wildman–Crippen LogP) is -7.35. The Morgan fingerprint density at radius 2 is 2.15 bits per heavy atom. The number of rotatable bonds is 3. The lowest BCUT2D eigenvalue weighted by Gasteiger charge is -2.01. The van der Waals surface area contributed by atoms with Crippen LogP contribution in [-0.4, -0.2) is 17.8 Å². The van der Waals surface area contributed by atoms with Crippen LogP contribution < -0.4 is 35.5 Å². The van der Waals surface area contributed by atoms with E-state index in [4.69, 9.17) is 5.11 Å². The van der Waals surface area contributed by atoms with Gasteiger partial charge in [0.2, 0.25) is 0 Å². The summed E-state index contributed by atoms with van der Waals surface area (Å²) in [5, 5.41) is 8.72. The highest BCUT2D eigenvalue weighted by Gasteiger charge is 2.05. The van der Waals surface area contributed by atoms with Crippen molar-refractivity contribution in [1.82, 2.24) is 0 Å². The van der Waals surface area contributed by atoms with Gasteiger partial charge in [-0.3, -0.25) is 0 Å². The molecule has 0 aromatic carbocycles. The van der Waals surface area contributed by atoms with Gasteiger partial charge in [-0.1, -0.05) is 0 Å². The number of hydrogen-bond donors (Lipinski definition) is 2. The maximum Gasteiger partial charge on any atom is 0.170 e. The topological polar surface area (TPSA) is 62.0 Å². The van der Waals surface area contributed by atoms with E-state index in [1.165, 1.54) is 5.56 Å². The van der Waals surface area contributed by atoms with Crippen molar-refractivity contribution >= 4 is 0 Å². The summed E-state index contributed by atoms with van der Waals surface area (Å²) in [6, 6.07) is 4.06. The molecule has 0 bridgehead atoms. The zero-order valence-electron chi connectivity index (χ0n) is 7.21. The molecule has 1 atom stereocenters. The number of halogens is 2. The molecule has 1 unspecified atom stereocenters.